The van der Waals surface area contributed by atoms with Gasteiger partial charge >= 0.3 is 12.1 Å². The summed E-state index contributed by atoms with van der Waals surface area (Å²) in [4.78, 5) is 23.1. The summed E-state index contributed by atoms with van der Waals surface area (Å²) in [5.74, 6) is -0.362. The van der Waals surface area contributed by atoms with E-state index in [0.29, 0.717) is 51.7 Å². The van der Waals surface area contributed by atoms with Gasteiger partial charge in [0.2, 0.25) is 0 Å². The van der Waals surface area contributed by atoms with Gasteiger partial charge in [-0.05, 0) is 32.9 Å². The third-order valence-electron chi connectivity index (χ3n) is 3.13. The molecule has 0 aliphatic rings. The molecule has 1 amide bonds. The standard InChI is InChI=1S/C20H31NO7/c1-20(2,3)28-19(23)21-9-10-24-11-12-25-13-14-26-15-16-27-18(22)17-7-5-4-6-8-17/h4-8H,9-16H2,1-3H3,(H,21,23). The number of nitrogens with one attached hydrogen (secondary N) is 1. The van der Waals surface area contributed by atoms with Gasteiger partial charge in [-0.25, -0.2) is 9.59 Å². The Morgan fingerprint density at radius 2 is 1.36 bits per heavy atom. The maximum atomic E-state index is 11.7. The van der Waals surface area contributed by atoms with Gasteiger partial charge in [-0.3, -0.25) is 0 Å². The van der Waals surface area contributed by atoms with Crippen molar-refractivity contribution in [2.75, 3.05) is 52.8 Å². The van der Waals surface area contributed by atoms with Crippen molar-refractivity contribution in [3.63, 3.8) is 0 Å². The van der Waals surface area contributed by atoms with E-state index in [9.17, 15) is 9.59 Å². The van der Waals surface area contributed by atoms with E-state index < -0.39 is 11.7 Å². The molecule has 0 saturated carbocycles. The van der Waals surface area contributed by atoms with E-state index in [-0.39, 0.29) is 12.6 Å². The van der Waals surface area contributed by atoms with Gasteiger partial charge in [-0.15, -0.1) is 0 Å². The first-order chi connectivity index (χ1) is 13.4. The Kier molecular flexibility index (Phi) is 11.9. The fraction of sp³-hybridized carbons (Fsp3) is 0.600. The van der Waals surface area contributed by atoms with Crippen LogP contribution in [-0.2, 0) is 23.7 Å². The Bertz CT molecular complexity index is 557. The van der Waals surface area contributed by atoms with Gasteiger partial charge in [0.15, 0.2) is 0 Å². The molecule has 0 aliphatic heterocycles. The number of esters is 1. The molecular weight excluding hydrogens is 366 g/mol. The first-order valence-corrected chi connectivity index (χ1v) is 9.31. The van der Waals surface area contributed by atoms with Crippen LogP contribution >= 0.6 is 0 Å². The van der Waals surface area contributed by atoms with Crippen LogP contribution in [0.5, 0.6) is 0 Å². The summed E-state index contributed by atoms with van der Waals surface area (Å²) < 4.78 is 26.2. The highest BCUT2D eigenvalue weighted by atomic mass is 16.6. The summed E-state index contributed by atoms with van der Waals surface area (Å²) in [6, 6.07) is 8.81. The van der Waals surface area contributed by atoms with Crippen LogP contribution in [0.15, 0.2) is 30.3 Å². The smallest absolute Gasteiger partial charge is 0.407 e. The number of hydrogen-bond donors (Lipinski definition) is 1. The van der Waals surface area contributed by atoms with Gasteiger partial charge in [0.05, 0.1) is 45.2 Å². The number of hydrogen-bond acceptors (Lipinski definition) is 7. The molecule has 28 heavy (non-hydrogen) atoms. The van der Waals surface area contributed by atoms with E-state index in [1.54, 1.807) is 45.0 Å². The highest BCUT2D eigenvalue weighted by molar-refractivity contribution is 5.89. The lowest BCUT2D eigenvalue weighted by molar-refractivity contribution is 0.000568. The molecule has 1 aromatic rings. The summed E-state index contributed by atoms with van der Waals surface area (Å²) >= 11 is 0. The zero-order valence-corrected chi connectivity index (χ0v) is 16.9. The van der Waals surface area contributed by atoms with E-state index in [4.69, 9.17) is 23.7 Å². The average molecular weight is 397 g/mol. The van der Waals surface area contributed by atoms with Crippen molar-refractivity contribution in [3.05, 3.63) is 35.9 Å². The number of carbonyl (C=O) groups excluding carboxylic acids is 2. The minimum Gasteiger partial charge on any atom is -0.460 e. The summed E-state index contributed by atoms with van der Waals surface area (Å²) in [7, 11) is 0. The number of carbonyl (C=O) groups is 2. The van der Waals surface area contributed by atoms with E-state index in [2.05, 4.69) is 5.32 Å². The van der Waals surface area contributed by atoms with Crippen LogP contribution in [0.3, 0.4) is 0 Å². The number of benzene rings is 1. The summed E-state index contributed by atoms with van der Waals surface area (Å²) in [5, 5.41) is 2.61. The van der Waals surface area contributed by atoms with Crippen molar-refractivity contribution in [2.45, 2.75) is 26.4 Å². The molecule has 0 saturated heterocycles. The Balaban J connectivity index is 1.83. The van der Waals surface area contributed by atoms with Crippen molar-refractivity contribution < 1.29 is 33.3 Å². The van der Waals surface area contributed by atoms with Gasteiger partial charge in [-0.2, -0.15) is 0 Å². The van der Waals surface area contributed by atoms with Crippen molar-refractivity contribution in [1.82, 2.24) is 5.32 Å². The monoisotopic (exact) mass is 397 g/mol. The van der Waals surface area contributed by atoms with Crippen LogP contribution in [0.25, 0.3) is 0 Å². The van der Waals surface area contributed by atoms with Crippen LogP contribution in [-0.4, -0.2) is 70.5 Å². The maximum Gasteiger partial charge on any atom is 0.407 e. The molecule has 158 valence electrons. The molecule has 1 N–H and O–H groups in total. The molecule has 0 radical (unpaired) electrons. The van der Waals surface area contributed by atoms with Crippen molar-refractivity contribution in [1.29, 1.82) is 0 Å². The minimum absolute atomic E-state index is 0.196. The third-order valence-corrected chi connectivity index (χ3v) is 3.13. The van der Waals surface area contributed by atoms with Crippen molar-refractivity contribution >= 4 is 12.1 Å². The molecule has 1 aromatic carbocycles. The zero-order valence-electron chi connectivity index (χ0n) is 16.9. The van der Waals surface area contributed by atoms with Crippen molar-refractivity contribution in [2.24, 2.45) is 0 Å². The van der Waals surface area contributed by atoms with Gasteiger partial charge in [0.1, 0.15) is 12.2 Å². The number of ether oxygens (including phenoxy) is 5. The lowest BCUT2D eigenvalue weighted by atomic mass is 10.2. The molecule has 0 atom stereocenters. The fourth-order valence-corrected chi connectivity index (χ4v) is 1.93. The largest absolute Gasteiger partial charge is 0.460 e. The maximum absolute atomic E-state index is 11.7. The van der Waals surface area contributed by atoms with Gasteiger partial charge in [0.25, 0.3) is 0 Å². The van der Waals surface area contributed by atoms with E-state index in [1.807, 2.05) is 6.07 Å². The molecule has 0 bridgehead atoms. The molecule has 0 fully saturated rings. The topological polar surface area (TPSA) is 92.3 Å². The van der Waals surface area contributed by atoms with Gasteiger partial charge in [-0.1, -0.05) is 18.2 Å². The third kappa shape index (κ3) is 13.1. The second-order valence-electron chi connectivity index (χ2n) is 6.77. The lowest BCUT2D eigenvalue weighted by Crippen LogP contribution is -2.34. The van der Waals surface area contributed by atoms with E-state index in [0.717, 1.165) is 0 Å². The number of alkyl carbamates (subject to hydrolysis) is 1. The SMILES string of the molecule is CC(C)(C)OC(=O)NCCOCCOCCOCCOC(=O)c1ccccc1. The van der Waals surface area contributed by atoms with Crippen LogP contribution in [0.4, 0.5) is 4.79 Å². The first kappa shape index (κ1) is 23.9. The fourth-order valence-electron chi connectivity index (χ4n) is 1.93. The summed E-state index contributed by atoms with van der Waals surface area (Å²) in [6.45, 7) is 8.37. The van der Waals surface area contributed by atoms with Gasteiger partial charge < -0.3 is 29.0 Å². The first-order valence-electron chi connectivity index (χ1n) is 9.31. The number of amides is 1. The quantitative estimate of drug-likeness (QED) is 0.404. The second-order valence-corrected chi connectivity index (χ2v) is 6.77. The molecule has 0 spiro atoms. The van der Waals surface area contributed by atoms with Crippen LogP contribution in [0.1, 0.15) is 31.1 Å². The second kappa shape index (κ2) is 13.9. The predicted molar refractivity (Wildman–Crippen MR) is 103 cm³/mol. The molecule has 8 heteroatoms. The highest BCUT2D eigenvalue weighted by Gasteiger charge is 2.15. The zero-order chi connectivity index (χ0) is 20.7. The molecule has 0 aromatic heterocycles. The number of rotatable bonds is 13. The molecule has 0 heterocycles. The van der Waals surface area contributed by atoms with Crippen LogP contribution in [0, 0.1) is 0 Å². The Morgan fingerprint density at radius 3 is 1.93 bits per heavy atom. The lowest BCUT2D eigenvalue weighted by Gasteiger charge is -2.19. The normalized spacial score (nSPS) is 11.1. The minimum atomic E-state index is -0.510. The average Bonchev–Trinajstić information content (AvgIpc) is 2.64. The molecular formula is C20H31NO7. The Morgan fingerprint density at radius 1 is 0.821 bits per heavy atom. The molecule has 1 rings (SSSR count). The van der Waals surface area contributed by atoms with Crippen molar-refractivity contribution in [3.8, 4) is 0 Å². The summed E-state index contributed by atoms with van der Waals surface area (Å²) in [5.41, 5.74) is 0.0110. The highest BCUT2D eigenvalue weighted by Crippen LogP contribution is 2.06. The van der Waals surface area contributed by atoms with E-state index >= 15 is 0 Å². The van der Waals surface area contributed by atoms with Crippen LogP contribution < -0.4 is 5.32 Å². The van der Waals surface area contributed by atoms with Crippen LogP contribution in [0.2, 0.25) is 0 Å². The Hall–Kier alpha value is -2.16. The molecule has 0 unspecified atom stereocenters. The van der Waals surface area contributed by atoms with E-state index in [1.165, 1.54) is 0 Å². The molecule has 8 nitrogen and oxygen atoms in total. The molecule has 0 aliphatic carbocycles. The Labute approximate surface area is 166 Å². The predicted octanol–water partition coefficient (Wildman–Crippen LogP) is 2.42. The summed E-state index contributed by atoms with van der Waals surface area (Å²) in [6.07, 6.45) is -0.459. The van der Waals surface area contributed by atoms with Gasteiger partial charge in [0, 0.05) is 6.54 Å².